The van der Waals surface area contributed by atoms with Gasteiger partial charge in [-0.15, -0.1) is 0 Å². The van der Waals surface area contributed by atoms with Gasteiger partial charge in [-0.1, -0.05) is 68.1 Å². The van der Waals surface area contributed by atoms with Crippen molar-refractivity contribution in [3.63, 3.8) is 0 Å². The number of piperidine rings is 1. The fourth-order valence-corrected chi connectivity index (χ4v) is 6.70. The monoisotopic (exact) mass is 564 g/mol. The Balaban J connectivity index is 1.36. The van der Waals surface area contributed by atoms with E-state index in [1.807, 2.05) is 36.4 Å². The average Bonchev–Trinajstić information content (AvgIpc) is 3.60. The number of carbonyl (C=O) groups is 2. The lowest BCUT2D eigenvalue weighted by molar-refractivity contribution is -0.137. The van der Waals surface area contributed by atoms with E-state index < -0.39 is 0 Å². The zero-order valence-electron chi connectivity index (χ0n) is 23.3. The number of halogens is 1. The van der Waals surface area contributed by atoms with Gasteiger partial charge in [-0.2, -0.15) is 5.26 Å². The zero-order chi connectivity index (χ0) is 28.6. The Hall–Kier alpha value is -3.95. The van der Waals surface area contributed by atoms with E-state index in [-0.39, 0.29) is 17.2 Å². The molecule has 3 aromatic carbocycles. The summed E-state index contributed by atoms with van der Waals surface area (Å²) < 4.78 is 2.22. The Kier molecular flexibility index (Phi) is 7.40. The van der Waals surface area contributed by atoms with Crippen molar-refractivity contribution in [2.75, 3.05) is 4.90 Å². The molecule has 1 aliphatic heterocycles. The summed E-state index contributed by atoms with van der Waals surface area (Å²) in [4.78, 5) is 33.2. The number of aryl methyl sites for hydroxylation is 1. The van der Waals surface area contributed by atoms with Crippen LogP contribution in [0.3, 0.4) is 0 Å². The minimum absolute atomic E-state index is 0.0302. The van der Waals surface area contributed by atoms with Crippen molar-refractivity contribution < 1.29 is 9.59 Å². The summed E-state index contributed by atoms with van der Waals surface area (Å²) in [7, 11) is 0. The van der Waals surface area contributed by atoms with Gasteiger partial charge < -0.3 is 4.57 Å². The van der Waals surface area contributed by atoms with Crippen LogP contribution in [0.5, 0.6) is 0 Å². The number of unbranched alkanes of at least 4 members (excludes halogenated alkanes) is 1. The maximum Gasteiger partial charge on any atom is 0.239 e. The summed E-state index contributed by atoms with van der Waals surface area (Å²) in [6, 6.07) is 21.6. The molecule has 7 heteroatoms. The molecule has 6 rings (SSSR count). The molecule has 4 aromatic rings. The number of hydrogen-bond donors (Lipinski definition) is 0. The van der Waals surface area contributed by atoms with Crippen molar-refractivity contribution in [2.45, 2.75) is 71.3 Å². The molecule has 1 aliphatic carbocycles. The number of imide groups is 1. The minimum Gasteiger partial charge on any atom is -0.323 e. The highest BCUT2D eigenvalue weighted by atomic mass is 35.5. The molecular formula is C34H33ClN4O2. The number of amides is 2. The van der Waals surface area contributed by atoms with E-state index in [1.54, 1.807) is 12.1 Å². The van der Waals surface area contributed by atoms with Gasteiger partial charge in [0.2, 0.25) is 11.8 Å². The molecule has 1 aromatic heterocycles. The van der Waals surface area contributed by atoms with E-state index in [1.165, 1.54) is 4.90 Å². The maximum atomic E-state index is 13.7. The number of benzene rings is 3. The molecule has 6 nitrogen and oxygen atoms in total. The molecule has 2 heterocycles. The van der Waals surface area contributed by atoms with Crippen molar-refractivity contribution in [1.82, 2.24) is 9.55 Å². The van der Waals surface area contributed by atoms with Crippen LogP contribution in [-0.2, 0) is 22.6 Å². The summed E-state index contributed by atoms with van der Waals surface area (Å²) >= 11 is 6.09. The van der Waals surface area contributed by atoms with Gasteiger partial charge in [-0.05, 0) is 72.7 Å². The number of anilines is 1. The van der Waals surface area contributed by atoms with Crippen LogP contribution >= 0.6 is 11.6 Å². The molecule has 41 heavy (non-hydrogen) atoms. The Labute approximate surface area is 245 Å². The first-order valence-electron chi connectivity index (χ1n) is 14.6. The predicted molar refractivity (Wildman–Crippen MR) is 162 cm³/mol. The number of hydrogen-bond acceptors (Lipinski definition) is 4. The summed E-state index contributed by atoms with van der Waals surface area (Å²) in [5.74, 6) is 0.854. The maximum absolute atomic E-state index is 13.7. The molecule has 0 radical (unpaired) electrons. The van der Waals surface area contributed by atoms with Crippen LogP contribution in [0.2, 0.25) is 5.02 Å². The van der Waals surface area contributed by atoms with Crippen molar-refractivity contribution in [3.05, 3.63) is 82.6 Å². The summed E-state index contributed by atoms with van der Waals surface area (Å²) in [5.41, 5.74) is 5.49. The highest BCUT2D eigenvalue weighted by molar-refractivity contribution is 6.30. The van der Waals surface area contributed by atoms with E-state index in [4.69, 9.17) is 16.6 Å². The highest BCUT2D eigenvalue weighted by Crippen LogP contribution is 2.47. The first-order chi connectivity index (χ1) is 19.9. The second kappa shape index (κ2) is 11.1. The molecule has 2 amide bonds. The number of fused-ring (bicyclic) bond motifs is 1. The van der Waals surface area contributed by atoms with Crippen LogP contribution in [0.25, 0.3) is 22.2 Å². The molecule has 0 N–H and O–H groups in total. The van der Waals surface area contributed by atoms with E-state index in [2.05, 4.69) is 29.7 Å². The van der Waals surface area contributed by atoms with Crippen LogP contribution in [0.15, 0.2) is 60.7 Å². The first kappa shape index (κ1) is 27.2. The lowest BCUT2D eigenvalue weighted by atomic mass is 9.77. The van der Waals surface area contributed by atoms with Gasteiger partial charge in [-0.25, -0.2) is 4.98 Å². The Morgan fingerprint density at radius 2 is 1.78 bits per heavy atom. The molecule has 0 bridgehead atoms. The van der Waals surface area contributed by atoms with Gasteiger partial charge in [-0.3, -0.25) is 14.5 Å². The number of nitrogens with zero attached hydrogens (tertiary/aromatic N) is 4. The smallest absolute Gasteiger partial charge is 0.239 e. The molecule has 1 saturated carbocycles. The number of rotatable bonds is 7. The van der Waals surface area contributed by atoms with Gasteiger partial charge in [0.05, 0.1) is 33.8 Å². The van der Waals surface area contributed by atoms with Crippen LogP contribution in [-0.4, -0.2) is 21.4 Å². The van der Waals surface area contributed by atoms with Gasteiger partial charge >= 0.3 is 0 Å². The van der Waals surface area contributed by atoms with E-state index in [0.29, 0.717) is 35.7 Å². The fraction of sp³-hybridized carbons (Fsp3) is 0.353. The summed E-state index contributed by atoms with van der Waals surface area (Å²) in [5, 5.41) is 10.1. The standard InChI is InChI=1S/C34H33ClN4O2/c1-2-3-6-31-37-29-14-12-27(39-32(40)15-18-34(33(39)41)16-4-5-17-34)20-30(29)38(31)22-23-7-9-24(10-8-23)28-13-11-26(35)19-25(28)21-36/h7-14,19-20H,2-6,15-18,22H2,1H3. The first-order valence-corrected chi connectivity index (χ1v) is 15.0. The van der Waals surface area contributed by atoms with Crippen molar-refractivity contribution >= 4 is 40.1 Å². The second-order valence-corrected chi connectivity index (χ2v) is 11.8. The largest absolute Gasteiger partial charge is 0.323 e. The van der Waals surface area contributed by atoms with Gasteiger partial charge in [0.15, 0.2) is 0 Å². The molecule has 2 aliphatic rings. The van der Waals surface area contributed by atoms with Crippen LogP contribution in [0, 0.1) is 16.7 Å². The second-order valence-electron chi connectivity index (χ2n) is 11.4. The third-order valence-corrected chi connectivity index (χ3v) is 9.05. The molecule has 1 saturated heterocycles. The number of nitriles is 1. The number of carbonyl (C=O) groups excluding carboxylic acids is 2. The average molecular weight is 565 g/mol. The van der Waals surface area contributed by atoms with E-state index >= 15 is 0 Å². The Morgan fingerprint density at radius 3 is 2.51 bits per heavy atom. The zero-order valence-corrected chi connectivity index (χ0v) is 24.1. The quantitative estimate of drug-likeness (QED) is 0.214. The van der Waals surface area contributed by atoms with Gasteiger partial charge in [0.25, 0.3) is 0 Å². The van der Waals surface area contributed by atoms with E-state index in [0.717, 1.165) is 78.5 Å². The fourth-order valence-electron chi connectivity index (χ4n) is 6.53. The Bertz CT molecular complexity index is 1680. The van der Waals surface area contributed by atoms with Crippen molar-refractivity contribution in [3.8, 4) is 17.2 Å². The lowest BCUT2D eigenvalue weighted by Crippen LogP contribution is -2.50. The molecule has 0 atom stereocenters. The van der Waals surface area contributed by atoms with Crippen LogP contribution < -0.4 is 4.90 Å². The molecule has 1 spiro atoms. The molecular weight excluding hydrogens is 532 g/mol. The summed E-state index contributed by atoms with van der Waals surface area (Å²) in [6.07, 6.45) is 7.86. The van der Waals surface area contributed by atoms with Crippen LogP contribution in [0.4, 0.5) is 5.69 Å². The number of aromatic nitrogens is 2. The normalized spacial score (nSPS) is 16.6. The van der Waals surface area contributed by atoms with Crippen molar-refractivity contribution in [2.24, 2.45) is 5.41 Å². The molecule has 0 unspecified atom stereocenters. The predicted octanol–water partition coefficient (Wildman–Crippen LogP) is 7.83. The van der Waals surface area contributed by atoms with E-state index in [9.17, 15) is 14.9 Å². The lowest BCUT2D eigenvalue weighted by Gasteiger charge is -2.38. The number of imidazole rings is 1. The summed E-state index contributed by atoms with van der Waals surface area (Å²) in [6.45, 7) is 2.78. The minimum atomic E-state index is -0.382. The topological polar surface area (TPSA) is 79.0 Å². The third kappa shape index (κ3) is 5.04. The molecule has 208 valence electrons. The SMILES string of the molecule is CCCCc1nc2ccc(N3C(=O)CCC4(CCCC4)C3=O)cc2n1Cc1ccc(-c2ccc(Cl)cc2C#N)cc1. The molecule has 2 fully saturated rings. The van der Waals surface area contributed by atoms with Gasteiger partial charge in [0, 0.05) is 24.4 Å². The Morgan fingerprint density at radius 1 is 1.00 bits per heavy atom. The third-order valence-electron chi connectivity index (χ3n) is 8.81. The highest BCUT2D eigenvalue weighted by Gasteiger charge is 2.48. The van der Waals surface area contributed by atoms with Crippen molar-refractivity contribution in [1.29, 1.82) is 5.26 Å². The van der Waals surface area contributed by atoms with Crippen LogP contribution in [0.1, 0.15) is 75.2 Å². The van der Waals surface area contributed by atoms with Gasteiger partial charge in [0.1, 0.15) is 5.82 Å².